The van der Waals surface area contributed by atoms with E-state index in [1.165, 1.54) is 18.0 Å². The van der Waals surface area contributed by atoms with Crippen LogP contribution in [-0.2, 0) is 8.85 Å². The van der Waals surface area contributed by atoms with Gasteiger partial charge >= 0.3 is 9.28 Å². The molecule has 0 N–H and O–H groups in total. The van der Waals surface area contributed by atoms with Gasteiger partial charge in [0.25, 0.3) is 0 Å². The van der Waals surface area contributed by atoms with Crippen LogP contribution in [0.2, 0.25) is 0 Å². The lowest BCUT2D eigenvalue weighted by Gasteiger charge is -2.10. The van der Waals surface area contributed by atoms with Crippen molar-refractivity contribution in [3.05, 3.63) is 11.3 Å². The SMILES string of the molecule is CO[SiH](OC)C1=CC(C)CC1. The van der Waals surface area contributed by atoms with Gasteiger partial charge in [0.2, 0.25) is 0 Å². The molecule has 0 saturated carbocycles. The first kappa shape index (κ1) is 8.97. The van der Waals surface area contributed by atoms with Gasteiger partial charge in [0.15, 0.2) is 0 Å². The van der Waals surface area contributed by atoms with Crippen LogP contribution in [0, 0.1) is 5.92 Å². The fourth-order valence-electron chi connectivity index (χ4n) is 1.52. The van der Waals surface area contributed by atoms with Crippen molar-refractivity contribution in [3.8, 4) is 0 Å². The van der Waals surface area contributed by atoms with Crippen LogP contribution in [0.4, 0.5) is 0 Å². The van der Waals surface area contributed by atoms with Crippen molar-refractivity contribution in [1.29, 1.82) is 0 Å². The molecule has 0 aromatic heterocycles. The first-order valence-electron chi connectivity index (χ1n) is 4.04. The second-order valence-electron chi connectivity index (χ2n) is 3.06. The van der Waals surface area contributed by atoms with Gasteiger partial charge in [0, 0.05) is 14.2 Å². The number of allylic oxidation sites excluding steroid dienone is 2. The smallest absolute Gasteiger partial charge is 0.350 e. The van der Waals surface area contributed by atoms with Gasteiger partial charge in [-0.15, -0.1) is 0 Å². The van der Waals surface area contributed by atoms with Crippen LogP contribution < -0.4 is 0 Å². The van der Waals surface area contributed by atoms with E-state index in [1.54, 1.807) is 14.2 Å². The van der Waals surface area contributed by atoms with Crippen LogP contribution in [0.3, 0.4) is 0 Å². The fourth-order valence-corrected chi connectivity index (χ4v) is 3.21. The summed E-state index contributed by atoms with van der Waals surface area (Å²) in [6, 6.07) is 0. The molecule has 0 fully saturated rings. The van der Waals surface area contributed by atoms with Gasteiger partial charge in [0.05, 0.1) is 0 Å². The normalized spacial score (nSPS) is 24.4. The van der Waals surface area contributed by atoms with E-state index in [0.29, 0.717) is 0 Å². The highest BCUT2D eigenvalue weighted by atomic mass is 28.3. The Morgan fingerprint density at radius 2 is 2.09 bits per heavy atom. The van der Waals surface area contributed by atoms with Crippen molar-refractivity contribution in [1.82, 2.24) is 0 Å². The van der Waals surface area contributed by atoms with Crippen molar-refractivity contribution >= 4 is 9.28 Å². The Bertz CT molecular complexity index is 152. The zero-order valence-corrected chi connectivity index (χ0v) is 8.62. The van der Waals surface area contributed by atoms with Gasteiger partial charge in [-0.2, -0.15) is 0 Å². The van der Waals surface area contributed by atoms with Crippen molar-refractivity contribution in [2.45, 2.75) is 19.8 Å². The summed E-state index contributed by atoms with van der Waals surface area (Å²) in [6.07, 6.45) is 4.76. The molecule has 1 aliphatic carbocycles. The molecule has 64 valence electrons. The Morgan fingerprint density at radius 1 is 1.45 bits per heavy atom. The Morgan fingerprint density at radius 3 is 2.45 bits per heavy atom. The van der Waals surface area contributed by atoms with Crippen LogP contribution in [0.25, 0.3) is 0 Å². The topological polar surface area (TPSA) is 18.5 Å². The van der Waals surface area contributed by atoms with Gasteiger partial charge in [-0.1, -0.05) is 13.0 Å². The van der Waals surface area contributed by atoms with E-state index in [1.807, 2.05) is 0 Å². The molecule has 1 unspecified atom stereocenters. The molecular weight excluding hydrogens is 156 g/mol. The number of hydrogen-bond acceptors (Lipinski definition) is 2. The monoisotopic (exact) mass is 172 g/mol. The summed E-state index contributed by atoms with van der Waals surface area (Å²) >= 11 is 0. The average Bonchev–Trinajstić information content (AvgIpc) is 2.39. The number of rotatable bonds is 3. The van der Waals surface area contributed by atoms with Crippen LogP contribution in [0.15, 0.2) is 11.3 Å². The van der Waals surface area contributed by atoms with E-state index in [0.717, 1.165) is 5.92 Å². The second kappa shape index (κ2) is 4.04. The molecule has 0 aromatic rings. The summed E-state index contributed by atoms with van der Waals surface area (Å²) in [5.74, 6) is 0.727. The fraction of sp³-hybridized carbons (Fsp3) is 0.750. The lowest BCUT2D eigenvalue weighted by molar-refractivity contribution is 0.286. The summed E-state index contributed by atoms with van der Waals surface area (Å²) < 4.78 is 10.6. The minimum absolute atomic E-state index is 0.727. The standard InChI is InChI=1S/C8H16O2Si/c1-7-4-5-8(6-7)11(9-2)10-3/h6-7,11H,4-5H2,1-3H3. The second-order valence-corrected chi connectivity index (χ2v) is 5.41. The molecule has 0 saturated heterocycles. The molecule has 3 heteroatoms. The van der Waals surface area contributed by atoms with E-state index >= 15 is 0 Å². The van der Waals surface area contributed by atoms with Crippen molar-refractivity contribution in [3.63, 3.8) is 0 Å². The van der Waals surface area contributed by atoms with Gasteiger partial charge in [-0.25, -0.2) is 0 Å². The average molecular weight is 172 g/mol. The molecule has 0 aromatic carbocycles. The molecule has 0 amide bonds. The van der Waals surface area contributed by atoms with Gasteiger partial charge in [-0.3, -0.25) is 0 Å². The lowest BCUT2D eigenvalue weighted by Crippen LogP contribution is -2.21. The quantitative estimate of drug-likeness (QED) is 0.599. The van der Waals surface area contributed by atoms with E-state index in [9.17, 15) is 0 Å². The summed E-state index contributed by atoms with van der Waals surface area (Å²) in [5, 5.41) is 1.43. The summed E-state index contributed by atoms with van der Waals surface area (Å²) in [4.78, 5) is 0. The Hall–Kier alpha value is -0.123. The first-order chi connectivity index (χ1) is 5.27. The highest BCUT2D eigenvalue weighted by molar-refractivity contribution is 6.53. The maximum Gasteiger partial charge on any atom is 0.350 e. The minimum atomic E-state index is -1.42. The summed E-state index contributed by atoms with van der Waals surface area (Å²) in [6.45, 7) is 2.24. The predicted octanol–water partition coefficient (Wildman–Crippen LogP) is 1.40. The molecule has 0 aliphatic heterocycles. The Balaban J connectivity index is 2.52. The van der Waals surface area contributed by atoms with Crippen molar-refractivity contribution in [2.24, 2.45) is 5.92 Å². The third-order valence-electron chi connectivity index (χ3n) is 2.12. The predicted molar refractivity (Wildman–Crippen MR) is 47.6 cm³/mol. The molecule has 0 radical (unpaired) electrons. The molecule has 1 atom stereocenters. The number of hydrogen-bond donors (Lipinski definition) is 0. The molecule has 2 nitrogen and oxygen atoms in total. The zero-order chi connectivity index (χ0) is 8.27. The maximum atomic E-state index is 5.28. The third-order valence-corrected chi connectivity index (χ3v) is 4.06. The highest BCUT2D eigenvalue weighted by Crippen LogP contribution is 2.25. The van der Waals surface area contributed by atoms with Crippen LogP contribution in [0.5, 0.6) is 0 Å². The maximum absolute atomic E-state index is 5.28. The van der Waals surface area contributed by atoms with E-state index in [2.05, 4.69) is 13.0 Å². The van der Waals surface area contributed by atoms with Gasteiger partial charge in [0.1, 0.15) is 0 Å². The lowest BCUT2D eigenvalue weighted by atomic mass is 10.2. The molecule has 0 bridgehead atoms. The Labute approximate surface area is 70.0 Å². The van der Waals surface area contributed by atoms with E-state index in [-0.39, 0.29) is 0 Å². The molecule has 1 rings (SSSR count). The van der Waals surface area contributed by atoms with Crippen molar-refractivity contribution in [2.75, 3.05) is 14.2 Å². The summed E-state index contributed by atoms with van der Waals surface area (Å²) in [7, 11) is 2.06. The largest absolute Gasteiger partial charge is 0.397 e. The van der Waals surface area contributed by atoms with Crippen LogP contribution >= 0.6 is 0 Å². The van der Waals surface area contributed by atoms with Crippen molar-refractivity contribution < 1.29 is 8.85 Å². The molecule has 1 aliphatic rings. The molecule has 11 heavy (non-hydrogen) atoms. The molecule has 0 spiro atoms. The molecular formula is C8H16O2Si. The van der Waals surface area contributed by atoms with Gasteiger partial charge < -0.3 is 8.85 Å². The zero-order valence-electron chi connectivity index (χ0n) is 7.46. The first-order valence-corrected chi connectivity index (χ1v) is 5.56. The van der Waals surface area contributed by atoms with Gasteiger partial charge in [-0.05, 0) is 24.0 Å². The van der Waals surface area contributed by atoms with Crippen LogP contribution in [0.1, 0.15) is 19.8 Å². The van der Waals surface area contributed by atoms with E-state index in [4.69, 9.17) is 8.85 Å². The highest BCUT2D eigenvalue weighted by Gasteiger charge is 2.21. The molecule has 0 heterocycles. The van der Waals surface area contributed by atoms with Crippen LogP contribution in [-0.4, -0.2) is 23.5 Å². The Kier molecular flexibility index (Phi) is 3.30. The summed E-state index contributed by atoms with van der Waals surface area (Å²) in [5.41, 5.74) is 0. The van der Waals surface area contributed by atoms with E-state index < -0.39 is 9.28 Å². The minimum Gasteiger partial charge on any atom is -0.397 e. The third kappa shape index (κ3) is 2.15.